The predicted molar refractivity (Wildman–Crippen MR) is 79.8 cm³/mol. The van der Waals surface area contributed by atoms with E-state index in [-0.39, 0.29) is 40.2 Å². The number of rotatable bonds is 3. The van der Waals surface area contributed by atoms with Gasteiger partial charge in [-0.05, 0) is 36.6 Å². The van der Waals surface area contributed by atoms with Crippen LogP contribution in [0.5, 0.6) is 0 Å². The first-order chi connectivity index (χ1) is 11.6. The summed E-state index contributed by atoms with van der Waals surface area (Å²) in [6.07, 6.45) is -3.77. The average Bonchev–Trinajstić information content (AvgIpc) is 3.09. The minimum absolute atomic E-state index is 0.0102. The maximum atomic E-state index is 13.9. The molecule has 10 heteroatoms. The number of H-pyrrole nitrogens is 1. The van der Waals surface area contributed by atoms with E-state index in [0.29, 0.717) is 0 Å². The fourth-order valence-corrected chi connectivity index (χ4v) is 4.20. The third kappa shape index (κ3) is 3.07. The highest BCUT2D eigenvalue weighted by molar-refractivity contribution is 7.92. The van der Waals surface area contributed by atoms with Gasteiger partial charge in [0.1, 0.15) is 10.7 Å². The first-order valence-corrected chi connectivity index (χ1v) is 8.61. The summed E-state index contributed by atoms with van der Waals surface area (Å²) in [6, 6.07) is 4.87. The van der Waals surface area contributed by atoms with E-state index < -0.39 is 27.9 Å². The van der Waals surface area contributed by atoms with Gasteiger partial charge >= 0.3 is 6.18 Å². The Hall–Kier alpha value is -2.54. The number of nitriles is 1. The van der Waals surface area contributed by atoms with Crippen LogP contribution in [0.2, 0.25) is 0 Å². The van der Waals surface area contributed by atoms with Crippen LogP contribution >= 0.6 is 0 Å². The minimum atomic E-state index is -4.47. The summed E-state index contributed by atoms with van der Waals surface area (Å²) < 4.78 is 79.6. The van der Waals surface area contributed by atoms with Gasteiger partial charge in [0.2, 0.25) is 0 Å². The molecule has 2 N–H and O–H groups in total. The highest BCUT2D eigenvalue weighted by atomic mass is 32.2. The Balaban J connectivity index is 1.94. The number of fused-ring (bicyclic) bond motifs is 1. The molecule has 3 rings (SSSR count). The average molecular weight is 373 g/mol. The molecule has 1 aliphatic carbocycles. The van der Waals surface area contributed by atoms with Gasteiger partial charge in [-0.3, -0.25) is 4.72 Å². The monoisotopic (exact) mass is 373 g/mol. The maximum absolute atomic E-state index is 13.9. The van der Waals surface area contributed by atoms with Crippen molar-refractivity contribution in [2.24, 2.45) is 0 Å². The Morgan fingerprint density at radius 2 is 2.04 bits per heavy atom. The lowest BCUT2D eigenvalue weighted by molar-refractivity contribution is -0.150. The second-order valence-corrected chi connectivity index (χ2v) is 7.24. The molecular weight excluding hydrogens is 362 g/mol. The van der Waals surface area contributed by atoms with Crippen LogP contribution in [0.4, 0.5) is 23.2 Å². The lowest BCUT2D eigenvalue weighted by Crippen LogP contribution is -2.18. The van der Waals surface area contributed by atoms with Gasteiger partial charge in [-0.25, -0.2) is 12.8 Å². The molecule has 1 unspecified atom stereocenters. The topological polar surface area (TPSA) is 85.8 Å². The zero-order chi connectivity index (χ0) is 18.4. The van der Waals surface area contributed by atoms with Gasteiger partial charge < -0.3 is 4.98 Å². The zero-order valence-corrected chi connectivity index (χ0v) is 13.3. The van der Waals surface area contributed by atoms with E-state index in [1.165, 1.54) is 6.07 Å². The van der Waals surface area contributed by atoms with Crippen molar-refractivity contribution in [3.8, 4) is 6.07 Å². The number of alkyl halides is 3. The van der Waals surface area contributed by atoms with E-state index >= 15 is 0 Å². The summed E-state index contributed by atoms with van der Waals surface area (Å²) in [4.78, 5) is 2.06. The van der Waals surface area contributed by atoms with E-state index in [0.717, 1.165) is 18.3 Å². The summed E-state index contributed by atoms with van der Waals surface area (Å²) in [5.41, 5.74) is -0.493. The Kier molecular flexibility index (Phi) is 3.99. The predicted octanol–water partition coefficient (Wildman–Crippen LogP) is 3.42. The number of sulfonamides is 1. The molecule has 1 atom stereocenters. The fraction of sp³-hybridized carbons (Fsp3) is 0.267. The molecule has 0 saturated carbocycles. The van der Waals surface area contributed by atoms with Gasteiger partial charge in [-0.15, -0.1) is 0 Å². The molecule has 0 saturated heterocycles. The third-order valence-electron chi connectivity index (χ3n) is 4.04. The van der Waals surface area contributed by atoms with E-state index in [9.17, 15) is 26.0 Å². The van der Waals surface area contributed by atoms with Crippen LogP contribution in [-0.2, 0) is 16.4 Å². The standard InChI is InChI=1S/C15H11F4N3O2S/c16-11-5-8(6-20)1-4-12(11)22-25(23,24)13-7-21-14-9(13)2-3-10(14)15(17,18)19/h1,4-5,7,10,21-22H,2-3H2. The van der Waals surface area contributed by atoms with E-state index in [1.54, 1.807) is 6.07 Å². The van der Waals surface area contributed by atoms with E-state index in [1.807, 2.05) is 4.72 Å². The van der Waals surface area contributed by atoms with Gasteiger partial charge in [-0.2, -0.15) is 18.4 Å². The molecule has 0 fully saturated rings. The summed E-state index contributed by atoms with van der Waals surface area (Å²) in [5, 5.41) is 8.68. The molecule has 132 valence electrons. The van der Waals surface area contributed by atoms with Crippen LogP contribution < -0.4 is 4.72 Å². The third-order valence-corrected chi connectivity index (χ3v) is 5.47. The largest absolute Gasteiger partial charge is 0.397 e. The number of aromatic amines is 1. The normalized spacial score (nSPS) is 17.2. The molecule has 0 aliphatic heterocycles. The second kappa shape index (κ2) is 5.77. The van der Waals surface area contributed by atoms with Gasteiger partial charge in [0.25, 0.3) is 10.0 Å². The molecule has 0 bridgehead atoms. The number of hydrogen-bond acceptors (Lipinski definition) is 3. The fourth-order valence-electron chi connectivity index (χ4n) is 2.89. The maximum Gasteiger partial charge on any atom is 0.397 e. The van der Waals surface area contributed by atoms with Crippen LogP contribution in [-0.4, -0.2) is 19.6 Å². The van der Waals surface area contributed by atoms with Crippen molar-refractivity contribution in [3.63, 3.8) is 0 Å². The van der Waals surface area contributed by atoms with Gasteiger partial charge in [0.05, 0.1) is 23.2 Å². The lowest BCUT2D eigenvalue weighted by atomic mass is 10.1. The number of halogens is 4. The Morgan fingerprint density at radius 3 is 2.64 bits per heavy atom. The summed E-state index contributed by atoms with van der Waals surface area (Å²) in [5.74, 6) is -2.69. The molecule has 1 aliphatic rings. The van der Waals surface area contributed by atoms with Crippen molar-refractivity contribution < 1.29 is 26.0 Å². The smallest absolute Gasteiger partial charge is 0.363 e. The van der Waals surface area contributed by atoms with Crippen LogP contribution in [0, 0.1) is 17.1 Å². The molecule has 1 aromatic carbocycles. The summed E-state index contributed by atoms with van der Waals surface area (Å²) in [7, 11) is -4.28. The molecule has 0 radical (unpaired) electrons. The molecule has 2 aromatic rings. The highest BCUT2D eigenvalue weighted by Gasteiger charge is 2.46. The summed E-state index contributed by atoms with van der Waals surface area (Å²) >= 11 is 0. The highest BCUT2D eigenvalue weighted by Crippen LogP contribution is 2.45. The van der Waals surface area contributed by atoms with Crippen LogP contribution in [0.25, 0.3) is 0 Å². The molecule has 5 nitrogen and oxygen atoms in total. The first-order valence-electron chi connectivity index (χ1n) is 7.13. The van der Waals surface area contributed by atoms with Crippen molar-refractivity contribution in [1.82, 2.24) is 4.98 Å². The second-order valence-electron chi connectivity index (χ2n) is 5.59. The Labute approximate surface area is 140 Å². The number of aromatic nitrogens is 1. The molecule has 1 heterocycles. The number of nitrogens with one attached hydrogen (secondary N) is 2. The van der Waals surface area contributed by atoms with Crippen molar-refractivity contribution in [2.45, 2.75) is 29.8 Å². The van der Waals surface area contributed by atoms with Gasteiger partial charge in [-0.1, -0.05) is 0 Å². The van der Waals surface area contributed by atoms with Crippen LogP contribution in [0.3, 0.4) is 0 Å². The van der Waals surface area contributed by atoms with Crippen molar-refractivity contribution in [3.05, 3.63) is 47.0 Å². The Morgan fingerprint density at radius 1 is 1.32 bits per heavy atom. The van der Waals surface area contributed by atoms with Crippen LogP contribution in [0.1, 0.15) is 29.2 Å². The Bertz CT molecular complexity index is 974. The molecule has 1 aromatic heterocycles. The van der Waals surface area contributed by atoms with E-state index in [4.69, 9.17) is 5.26 Å². The SMILES string of the molecule is N#Cc1ccc(NS(=O)(=O)c2c[nH]c3c2CCC3C(F)(F)F)c(F)c1. The zero-order valence-electron chi connectivity index (χ0n) is 12.5. The quantitative estimate of drug-likeness (QED) is 0.809. The molecular formula is C15H11F4N3O2S. The van der Waals surface area contributed by atoms with E-state index in [2.05, 4.69) is 4.98 Å². The first kappa shape index (κ1) is 17.3. The number of benzene rings is 1. The molecule has 0 spiro atoms. The number of hydrogen-bond donors (Lipinski definition) is 2. The van der Waals surface area contributed by atoms with Gasteiger partial charge in [0.15, 0.2) is 0 Å². The summed E-state index contributed by atoms with van der Waals surface area (Å²) in [6.45, 7) is 0. The van der Waals surface area contributed by atoms with Crippen LogP contribution in [0.15, 0.2) is 29.3 Å². The molecule has 0 amide bonds. The van der Waals surface area contributed by atoms with Crippen molar-refractivity contribution in [2.75, 3.05) is 4.72 Å². The number of nitrogens with zero attached hydrogens (tertiary/aromatic N) is 1. The van der Waals surface area contributed by atoms with Crippen molar-refractivity contribution >= 4 is 15.7 Å². The lowest BCUT2D eigenvalue weighted by Gasteiger charge is -2.13. The van der Waals surface area contributed by atoms with Gasteiger partial charge in [0, 0.05) is 11.9 Å². The van der Waals surface area contributed by atoms with Crippen molar-refractivity contribution in [1.29, 1.82) is 5.26 Å². The molecule has 25 heavy (non-hydrogen) atoms. The minimum Gasteiger partial charge on any atom is -0.363 e. The number of anilines is 1.